The van der Waals surface area contributed by atoms with E-state index < -0.39 is 4.92 Å². The summed E-state index contributed by atoms with van der Waals surface area (Å²) in [5.74, 6) is 0.452. The predicted molar refractivity (Wildman–Crippen MR) is 122 cm³/mol. The summed E-state index contributed by atoms with van der Waals surface area (Å²) < 4.78 is 5.62. The molecule has 1 unspecified atom stereocenters. The average Bonchev–Trinajstić information content (AvgIpc) is 3.35. The van der Waals surface area contributed by atoms with E-state index in [0.717, 1.165) is 37.4 Å². The summed E-state index contributed by atoms with van der Waals surface area (Å²) >= 11 is 0. The van der Waals surface area contributed by atoms with Crippen LogP contribution in [0.25, 0.3) is 0 Å². The van der Waals surface area contributed by atoms with E-state index in [4.69, 9.17) is 4.42 Å². The van der Waals surface area contributed by atoms with Gasteiger partial charge in [-0.3, -0.25) is 19.8 Å². The molecule has 1 aromatic heterocycles. The smallest absolute Gasteiger partial charge is 0.293 e. The number of nitrogens with one attached hydrogen (secondary N) is 2. The van der Waals surface area contributed by atoms with Crippen LogP contribution in [0.15, 0.2) is 71.3 Å². The molecule has 32 heavy (non-hydrogen) atoms. The third-order valence-corrected chi connectivity index (χ3v) is 5.67. The molecule has 1 aliphatic heterocycles. The highest BCUT2D eigenvalue weighted by molar-refractivity contribution is 5.96. The van der Waals surface area contributed by atoms with Crippen LogP contribution in [0.4, 0.5) is 17.1 Å². The van der Waals surface area contributed by atoms with E-state index in [1.165, 1.54) is 12.5 Å². The van der Waals surface area contributed by atoms with Crippen molar-refractivity contribution in [2.24, 2.45) is 0 Å². The lowest BCUT2D eigenvalue weighted by atomic mass is 10.1. The number of para-hydroxylation sites is 1. The van der Waals surface area contributed by atoms with Crippen molar-refractivity contribution in [3.63, 3.8) is 0 Å². The Balaban J connectivity index is 1.48. The quantitative estimate of drug-likeness (QED) is 0.387. The van der Waals surface area contributed by atoms with Crippen LogP contribution in [0.2, 0.25) is 0 Å². The van der Waals surface area contributed by atoms with E-state index in [1.54, 1.807) is 18.4 Å². The summed E-state index contributed by atoms with van der Waals surface area (Å²) in [6.45, 7) is 2.27. The van der Waals surface area contributed by atoms with Crippen LogP contribution in [0.1, 0.15) is 41.4 Å². The van der Waals surface area contributed by atoms with Crippen molar-refractivity contribution in [3.05, 3.63) is 88.4 Å². The largest absolute Gasteiger partial charge is 0.468 e. The van der Waals surface area contributed by atoms with Gasteiger partial charge < -0.3 is 15.1 Å². The number of hydrogen-bond donors (Lipinski definition) is 2. The van der Waals surface area contributed by atoms with Gasteiger partial charge in [0, 0.05) is 23.9 Å². The monoisotopic (exact) mass is 434 g/mol. The van der Waals surface area contributed by atoms with Gasteiger partial charge in [0.15, 0.2) is 0 Å². The van der Waals surface area contributed by atoms with E-state index in [0.29, 0.717) is 12.2 Å². The number of rotatable bonds is 8. The zero-order chi connectivity index (χ0) is 22.3. The summed E-state index contributed by atoms with van der Waals surface area (Å²) in [5.41, 5.74) is 1.16. The molecule has 4 rings (SSSR count). The molecule has 2 N–H and O–H groups in total. The maximum Gasteiger partial charge on any atom is 0.293 e. The molecule has 8 heteroatoms. The molecular weight excluding hydrogens is 408 g/mol. The molecule has 0 spiro atoms. The van der Waals surface area contributed by atoms with Crippen LogP contribution in [0, 0.1) is 10.1 Å². The summed E-state index contributed by atoms with van der Waals surface area (Å²) in [4.78, 5) is 26.3. The summed E-state index contributed by atoms with van der Waals surface area (Å²) in [5, 5.41) is 17.6. The van der Waals surface area contributed by atoms with Gasteiger partial charge in [-0.1, -0.05) is 24.6 Å². The average molecular weight is 434 g/mol. The highest BCUT2D eigenvalue weighted by atomic mass is 16.6. The number of nitrogens with zero attached hydrogens (tertiary/aromatic N) is 2. The molecule has 0 bridgehead atoms. The van der Waals surface area contributed by atoms with Crippen LogP contribution in [0.3, 0.4) is 0 Å². The molecule has 0 aliphatic carbocycles. The lowest BCUT2D eigenvalue weighted by Crippen LogP contribution is -2.40. The van der Waals surface area contributed by atoms with Gasteiger partial charge in [-0.05, 0) is 62.3 Å². The van der Waals surface area contributed by atoms with Crippen LogP contribution >= 0.6 is 0 Å². The fraction of sp³-hybridized carbons (Fsp3) is 0.292. The van der Waals surface area contributed by atoms with Crippen molar-refractivity contribution in [2.45, 2.75) is 25.3 Å². The molecule has 3 aromatic rings. The first-order chi connectivity index (χ1) is 15.6. The number of benzene rings is 2. The van der Waals surface area contributed by atoms with Gasteiger partial charge in [0.05, 0.1) is 17.2 Å². The van der Waals surface area contributed by atoms with E-state index >= 15 is 0 Å². The van der Waals surface area contributed by atoms with Crippen LogP contribution in [-0.2, 0) is 0 Å². The number of piperidine rings is 1. The number of carbonyl (C=O) groups excluding carboxylic acids is 1. The number of nitro groups is 1. The van der Waals surface area contributed by atoms with E-state index in [9.17, 15) is 14.9 Å². The molecule has 1 aliphatic rings. The summed E-state index contributed by atoms with van der Waals surface area (Å²) in [7, 11) is 0. The third-order valence-electron chi connectivity index (χ3n) is 5.67. The van der Waals surface area contributed by atoms with Crippen LogP contribution in [0.5, 0.6) is 0 Å². The molecule has 2 aromatic carbocycles. The number of likely N-dealkylation sites (tertiary alicyclic amines) is 1. The first kappa shape index (κ1) is 21.6. The Morgan fingerprint density at radius 3 is 2.53 bits per heavy atom. The van der Waals surface area contributed by atoms with Crippen molar-refractivity contribution < 1.29 is 14.1 Å². The topological polar surface area (TPSA) is 101 Å². The second-order valence-electron chi connectivity index (χ2n) is 7.82. The first-order valence-corrected chi connectivity index (χ1v) is 10.8. The van der Waals surface area contributed by atoms with E-state index in [-0.39, 0.29) is 23.2 Å². The van der Waals surface area contributed by atoms with Gasteiger partial charge in [0.1, 0.15) is 11.4 Å². The van der Waals surface area contributed by atoms with Gasteiger partial charge in [-0.25, -0.2) is 0 Å². The standard InChI is InChI=1S/C24H26N4O4/c29-24(25-17-22(23-10-7-15-32-23)27-13-5-2-6-14-27)18-11-12-20(21(16-18)28(30)31)26-19-8-3-1-4-9-19/h1,3-4,7-12,15-16,22,26H,2,5-6,13-14,17H2,(H,25,29). The Morgan fingerprint density at radius 2 is 1.84 bits per heavy atom. The van der Waals surface area contributed by atoms with Gasteiger partial charge in [-0.15, -0.1) is 0 Å². The zero-order valence-corrected chi connectivity index (χ0v) is 17.7. The van der Waals surface area contributed by atoms with Crippen LogP contribution < -0.4 is 10.6 Å². The van der Waals surface area contributed by atoms with Crippen molar-refractivity contribution in [2.75, 3.05) is 25.0 Å². The SMILES string of the molecule is O=C(NCC(c1ccco1)N1CCCCC1)c1ccc(Nc2ccccc2)c([N+](=O)[O-])c1. The van der Waals surface area contributed by atoms with Crippen LogP contribution in [-0.4, -0.2) is 35.4 Å². The lowest BCUT2D eigenvalue weighted by Gasteiger charge is -2.33. The normalized spacial score (nSPS) is 15.1. The van der Waals surface area contributed by atoms with E-state index in [2.05, 4.69) is 15.5 Å². The zero-order valence-electron chi connectivity index (χ0n) is 17.7. The first-order valence-electron chi connectivity index (χ1n) is 10.8. The Morgan fingerprint density at radius 1 is 1.06 bits per heavy atom. The number of amides is 1. The highest BCUT2D eigenvalue weighted by Gasteiger charge is 2.25. The fourth-order valence-corrected chi connectivity index (χ4v) is 4.02. The third kappa shape index (κ3) is 5.15. The van der Waals surface area contributed by atoms with Gasteiger partial charge in [0.25, 0.3) is 11.6 Å². The lowest BCUT2D eigenvalue weighted by molar-refractivity contribution is -0.383. The van der Waals surface area contributed by atoms with E-state index in [1.807, 2.05) is 42.5 Å². The van der Waals surface area contributed by atoms with Crippen molar-refractivity contribution in [1.82, 2.24) is 10.2 Å². The summed E-state index contributed by atoms with van der Waals surface area (Å²) in [6, 6.07) is 17.3. The minimum atomic E-state index is -0.485. The fourth-order valence-electron chi connectivity index (χ4n) is 4.02. The molecule has 1 amide bonds. The molecule has 0 saturated carbocycles. The minimum Gasteiger partial charge on any atom is -0.468 e. The number of nitro benzene ring substituents is 1. The molecule has 1 saturated heterocycles. The minimum absolute atomic E-state index is 0.0664. The maximum absolute atomic E-state index is 12.8. The van der Waals surface area contributed by atoms with Crippen molar-refractivity contribution in [3.8, 4) is 0 Å². The molecule has 2 heterocycles. The second kappa shape index (κ2) is 10.1. The molecule has 1 atom stereocenters. The second-order valence-corrected chi connectivity index (χ2v) is 7.82. The molecule has 8 nitrogen and oxygen atoms in total. The highest BCUT2D eigenvalue weighted by Crippen LogP contribution is 2.29. The Bertz CT molecular complexity index is 1050. The molecular formula is C24H26N4O4. The predicted octanol–water partition coefficient (Wildman–Crippen LogP) is 4.89. The number of anilines is 2. The number of carbonyl (C=O) groups is 1. The Kier molecular flexibility index (Phi) is 6.81. The Hall–Kier alpha value is -3.65. The van der Waals surface area contributed by atoms with Crippen molar-refractivity contribution >= 4 is 23.0 Å². The van der Waals surface area contributed by atoms with Gasteiger partial charge in [0.2, 0.25) is 0 Å². The molecule has 166 valence electrons. The Labute approximate surface area is 186 Å². The van der Waals surface area contributed by atoms with Gasteiger partial charge >= 0.3 is 0 Å². The maximum atomic E-state index is 12.8. The number of hydrogen-bond acceptors (Lipinski definition) is 6. The molecule has 1 fully saturated rings. The number of furan rings is 1. The summed E-state index contributed by atoms with van der Waals surface area (Å²) in [6.07, 6.45) is 5.08. The molecule has 0 radical (unpaired) electrons. The van der Waals surface area contributed by atoms with Gasteiger partial charge in [-0.2, -0.15) is 0 Å². The van der Waals surface area contributed by atoms with Crippen molar-refractivity contribution in [1.29, 1.82) is 0 Å².